The highest BCUT2D eigenvalue weighted by atomic mass is 16.7. The SMILES string of the molecule is CCCCCCCCCCCCCCCCOCC(C)(OCCOCC[N+](C)(C)C)OCC(C)=O. The summed E-state index contributed by atoms with van der Waals surface area (Å²) in [6, 6.07) is 0. The van der Waals surface area contributed by atoms with Gasteiger partial charge in [0.05, 0.1) is 41.0 Å². The van der Waals surface area contributed by atoms with Crippen molar-refractivity contribution in [1.29, 1.82) is 0 Å². The minimum absolute atomic E-state index is 0.0222. The first-order valence-corrected chi connectivity index (χ1v) is 14.4. The lowest BCUT2D eigenvalue weighted by Crippen LogP contribution is -2.40. The van der Waals surface area contributed by atoms with Gasteiger partial charge in [-0.15, -0.1) is 0 Å². The smallest absolute Gasteiger partial charge is 0.189 e. The number of nitrogens with zero attached hydrogens (tertiary/aromatic N) is 1. The number of quaternary nitrogens is 1. The number of hydrogen-bond acceptors (Lipinski definition) is 5. The lowest BCUT2D eigenvalue weighted by Gasteiger charge is -2.29. The van der Waals surface area contributed by atoms with Crippen LogP contribution in [0.4, 0.5) is 0 Å². The zero-order valence-corrected chi connectivity index (χ0v) is 24.3. The molecule has 0 aromatic rings. The van der Waals surface area contributed by atoms with E-state index in [1.54, 1.807) is 0 Å². The number of Topliss-reactive ketones (excluding diaryl/α,β-unsaturated/α-hetero) is 1. The maximum Gasteiger partial charge on any atom is 0.189 e. The first-order valence-electron chi connectivity index (χ1n) is 14.4. The van der Waals surface area contributed by atoms with Crippen LogP contribution in [0.1, 0.15) is 111 Å². The minimum atomic E-state index is -0.925. The fourth-order valence-electron chi connectivity index (χ4n) is 3.79. The highest BCUT2D eigenvalue weighted by Crippen LogP contribution is 2.15. The first kappa shape index (κ1) is 34.5. The van der Waals surface area contributed by atoms with Crippen LogP contribution in [0, 0.1) is 0 Å². The molecule has 0 N–H and O–H groups in total. The van der Waals surface area contributed by atoms with Gasteiger partial charge in [0.15, 0.2) is 11.6 Å². The number of rotatable bonds is 27. The summed E-state index contributed by atoms with van der Waals surface area (Å²) in [6.45, 7) is 9.22. The third-order valence-electron chi connectivity index (χ3n) is 6.13. The Hall–Kier alpha value is -0.530. The number of ketones is 1. The average molecular weight is 503 g/mol. The molecule has 0 fully saturated rings. The highest BCUT2D eigenvalue weighted by molar-refractivity contribution is 5.76. The summed E-state index contributed by atoms with van der Waals surface area (Å²) in [4.78, 5) is 11.4. The quantitative estimate of drug-likeness (QED) is 0.0724. The molecule has 0 aromatic carbocycles. The van der Waals surface area contributed by atoms with Crippen LogP contribution in [0.25, 0.3) is 0 Å². The average Bonchev–Trinajstić information content (AvgIpc) is 2.79. The summed E-state index contributed by atoms with van der Waals surface area (Å²) in [7, 11) is 6.42. The number of hydrogen-bond donors (Lipinski definition) is 0. The summed E-state index contributed by atoms with van der Waals surface area (Å²) < 4.78 is 24.0. The lowest BCUT2D eigenvalue weighted by atomic mass is 10.0. The largest absolute Gasteiger partial charge is 0.376 e. The third kappa shape index (κ3) is 26.3. The van der Waals surface area contributed by atoms with Crippen LogP contribution in [0.3, 0.4) is 0 Å². The Labute approximate surface area is 218 Å². The van der Waals surface area contributed by atoms with Gasteiger partial charge in [0, 0.05) is 6.61 Å². The van der Waals surface area contributed by atoms with Crippen molar-refractivity contribution in [1.82, 2.24) is 0 Å². The van der Waals surface area contributed by atoms with Gasteiger partial charge in [-0.25, -0.2) is 0 Å². The second-order valence-electron chi connectivity index (χ2n) is 11.2. The molecule has 0 spiro atoms. The Balaban J connectivity index is 3.76. The van der Waals surface area contributed by atoms with Gasteiger partial charge in [-0.3, -0.25) is 4.79 Å². The first-order chi connectivity index (χ1) is 16.7. The molecule has 35 heavy (non-hydrogen) atoms. The Bertz CT molecular complexity index is 480. The molecule has 0 heterocycles. The zero-order valence-electron chi connectivity index (χ0n) is 24.3. The monoisotopic (exact) mass is 502 g/mol. The van der Waals surface area contributed by atoms with Crippen molar-refractivity contribution < 1.29 is 28.2 Å². The van der Waals surface area contributed by atoms with Gasteiger partial charge in [-0.05, 0) is 20.3 Å². The van der Waals surface area contributed by atoms with Crippen LogP contribution in [0.15, 0.2) is 0 Å². The molecule has 6 heteroatoms. The summed E-state index contributed by atoms with van der Waals surface area (Å²) in [5.41, 5.74) is 0. The highest BCUT2D eigenvalue weighted by Gasteiger charge is 2.27. The van der Waals surface area contributed by atoms with Gasteiger partial charge < -0.3 is 23.4 Å². The summed E-state index contributed by atoms with van der Waals surface area (Å²) in [5.74, 6) is -0.948. The second kappa shape index (κ2) is 22.7. The van der Waals surface area contributed by atoms with Gasteiger partial charge in [-0.1, -0.05) is 90.4 Å². The molecule has 0 bridgehead atoms. The lowest BCUT2D eigenvalue weighted by molar-refractivity contribution is -0.870. The molecular weight excluding hydrogens is 442 g/mol. The van der Waals surface area contributed by atoms with Crippen LogP contribution in [0.5, 0.6) is 0 Å². The molecule has 0 radical (unpaired) electrons. The van der Waals surface area contributed by atoms with Gasteiger partial charge in [0.25, 0.3) is 0 Å². The van der Waals surface area contributed by atoms with Crippen LogP contribution in [-0.4, -0.2) is 83.4 Å². The fraction of sp³-hybridized carbons (Fsp3) is 0.966. The third-order valence-corrected chi connectivity index (χ3v) is 6.13. The molecule has 1 unspecified atom stereocenters. The standard InChI is InChI=1S/C29H60NO5/c1-7-8-9-10-11-12-13-14-15-16-17-18-19-20-22-33-27-29(3,35-26-28(2)31)34-25-24-32-23-21-30(4,5)6/h7-27H2,1-6H3/q+1. The molecule has 0 aliphatic heterocycles. The van der Waals surface area contributed by atoms with E-state index >= 15 is 0 Å². The number of unbranched alkanes of at least 4 members (excludes halogenated alkanes) is 13. The van der Waals surface area contributed by atoms with E-state index in [0.29, 0.717) is 33.0 Å². The van der Waals surface area contributed by atoms with E-state index in [4.69, 9.17) is 18.9 Å². The maximum atomic E-state index is 11.4. The van der Waals surface area contributed by atoms with Crippen molar-refractivity contribution >= 4 is 5.78 Å². The maximum absolute atomic E-state index is 11.4. The van der Waals surface area contributed by atoms with E-state index in [-0.39, 0.29) is 12.4 Å². The van der Waals surface area contributed by atoms with Gasteiger partial charge >= 0.3 is 0 Å². The molecular formula is C29H60NO5+. The normalized spacial score (nSPS) is 13.8. The Morgan fingerprint density at radius 1 is 0.657 bits per heavy atom. The Morgan fingerprint density at radius 3 is 1.66 bits per heavy atom. The van der Waals surface area contributed by atoms with Crippen LogP contribution in [-0.2, 0) is 23.7 Å². The van der Waals surface area contributed by atoms with Crippen molar-refractivity contribution in [3.63, 3.8) is 0 Å². The van der Waals surface area contributed by atoms with E-state index in [1.807, 2.05) is 6.92 Å². The molecule has 0 saturated heterocycles. The number of likely N-dealkylation sites (N-methyl/N-ethyl adjacent to an activating group) is 1. The summed E-state index contributed by atoms with van der Waals surface area (Å²) in [5, 5.41) is 0. The predicted molar refractivity (Wildman–Crippen MR) is 146 cm³/mol. The number of ether oxygens (including phenoxy) is 4. The Kier molecular flexibility index (Phi) is 22.3. The summed E-state index contributed by atoms with van der Waals surface area (Å²) >= 11 is 0. The van der Waals surface area contributed by atoms with E-state index < -0.39 is 5.79 Å². The van der Waals surface area contributed by atoms with E-state index in [2.05, 4.69) is 28.1 Å². The van der Waals surface area contributed by atoms with Crippen molar-refractivity contribution in [3.05, 3.63) is 0 Å². The number of carbonyl (C=O) groups is 1. The van der Waals surface area contributed by atoms with Gasteiger partial charge in [0.2, 0.25) is 0 Å². The second-order valence-corrected chi connectivity index (χ2v) is 11.2. The molecule has 0 aliphatic rings. The van der Waals surface area contributed by atoms with Crippen molar-refractivity contribution in [2.45, 2.75) is 116 Å². The van der Waals surface area contributed by atoms with Crippen molar-refractivity contribution in [3.8, 4) is 0 Å². The molecule has 0 aliphatic carbocycles. The van der Waals surface area contributed by atoms with Crippen LogP contribution in [0.2, 0.25) is 0 Å². The van der Waals surface area contributed by atoms with Crippen LogP contribution < -0.4 is 0 Å². The van der Waals surface area contributed by atoms with Crippen molar-refractivity contribution in [2.75, 3.05) is 67.3 Å². The topological polar surface area (TPSA) is 54.0 Å². The number of carbonyl (C=O) groups excluding carboxylic acids is 1. The van der Waals surface area contributed by atoms with Crippen LogP contribution >= 0.6 is 0 Å². The zero-order chi connectivity index (χ0) is 26.3. The molecule has 0 aromatic heterocycles. The molecule has 0 saturated carbocycles. The molecule has 0 amide bonds. The van der Waals surface area contributed by atoms with E-state index in [0.717, 1.165) is 17.4 Å². The van der Waals surface area contributed by atoms with Gasteiger partial charge in [0.1, 0.15) is 19.8 Å². The molecule has 210 valence electrons. The minimum Gasteiger partial charge on any atom is -0.376 e. The molecule has 0 rings (SSSR count). The molecule has 1 atom stereocenters. The Morgan fingerprint density at radius 2 is 1.17 bits per heavy atom. The van der Waals surface area contributed by atoms with E-state index in [1.165, 1.54) is 90.4 Å². The van der Waals surface area contributed by atoms with Gasteiger partial charge in [-0.2, -0.15) is 0 Å². The predicted octanol–water partition coefficient (Wildman–Crippen LogP) is 6.55. The van der Waals surface area contributed by atoms with Crippen molar-refractivity contribution in [2.24, 2.45) is 0 Å². The molecule has 6 nitrogen and oxygen atoms in total. The van der Waals surface area contributed by atoms with E-state index in [9.17, 15) is 4.79 Å². The fourth-order valence-corrected chi connectivity index (χ4v) is 3.79. The summed E-state index contributed by atoms with van der Waals surface area (Å²) in [6.07, 6.45) is 18.8.